The molecule has 0 bridgehead atoms. The molecule has 152 valence electrons. The average Bonchev–Trinajstić information content (AvgIpc) is 3.22. The van der Waals surface area contributed by atoms with E-state index in [0.717, 1.165) is 15.6 Å². The number of carbonyl (C=O) groups excluding carboxylic acids is 1. The van der Waals surface area contributed by atoms with Crippen molar-refractivity contribution in [1.29, 1.82) is 0 Å². The predicted molar refractivity (Wildman–Crippen MR) is 112 cm³/mol. The Morgan fingerprint density at radius 3 is 2.45 bits per heavy atom. The number of benzene rings is 2. The van der Waals surface area contributed by atoms with E-state index in [1.807, 2.05) is 42.0 Å². The zero-order valence-corrected chi connectivity index (χ0v) is 17.8. The fourth-order valence-corrected chi connectivity index (χ4v) is 3.89. The molecule has 1 N–H and O–H groups in total. The number of aromatic nitrogens is 2. The summed E-state index contributed by atoms with van der Waals surface area (Å²) in [5.74, 6) is -0.447. The predicted octanol–water partition coefficient (Wildman–Crippen LogP) is 3.27. The summed E-state index contributed by atoms with van der Waals surface area (Å²) in [5, 5.41) is 3.05. The SMILES string of the molecule is C[C@H](NC(=O)c1cc(S(=O)(=O)N(C)C)ccc1Cl)c1ccc(-n2ccnc2)cc1. The molecule has 1 amide bonds. The van der Waals surface area contributed by atoms with Crippen molar-refractivity contribution in [3.8, 4) is 5.69 Å². The Kier molecular flexibility index (Phi) is 6.07. The molecule has 3 aromatic rings. The lowest BCUT2D eigenvalue weighted by Crippen LogP contribution is -2.28. The Balaban J connectivity index is 1.79. The molecule has 3 rings (SSSR count). The van der Waals surface area contributed by atoms with E-state index >= 15 is 0 Å². The monoisotopic (exact) mass is 432 g/mol. The molecule has 1 aromatic heterocycles. The molecule has 0 spiro atoms. The molecule has 1 heterocycles. The minimum atomic E-state index is -3.67. The summed E-state index contributed by atoms with van der Waals surface area (Å²) in [4.78, 5) is 16.8. The molecule has 0 radical (unpaired) electrons. The van der Waals surface area contributed by atoms with Crippen molar-refractivity contribution >= 4 is 27.5 Å². The number of imidazole rings is 1. The number of rotatable bonds is 6. The molecule has 0 saturated carbocycles. The molecule has 0 aliphatic heterocycles. The maximum Gasteiger partial charge on any atom is 0.253 e. The van der Waals surface area contributed by atoms with Crippen molar-refractivity contribution in [2.45, 2.75) is 17.9 Å². The molecular formula is C20H21ClN4O3S. The van der Waals surface area contributed by atoms with E-state index in [1.54, 1.807) is 12.5 Å². The normalized spacial score (nSPS) is 12.7. The first kappa shape index (κ1) is 21.0. The Morgan fingerprint density at radius 1 is 1.17 bits per heavy atom. The summed E-state index contributed by atoms with van der Waals surface area (Å²) in [5.41, 5.74) is 1.96. The van der Waals surface area contributed by atoms with E-state index in [-0.39, 0.29) is 21.5 Å². The van der Waals surface area contributed by atoms with Crippen LogP contribution in [0.3, 0.4) is 0 Å². The number of nitrogens with zero attached hydrogens (tertiary/aromatic N) is 3. The highest BCUT2D eigenvalue weighted by Crippen LogP contribution is 2.23. The van der Waals surface area contributed by atoms with Crippen LogP contribution in [0.15, 0.2) is 66.1 Å². The lowest BCUT2D eigenvalue weighted by molar-refractivity contribution is 0.0940. The van der Waals surface area contributed by atoms with E-state index in [2.05, 4.69) is 10.3 Å². The van der Waals surface area contributed by atoms with Crippen LogP contribution in [0, 0.1) is 0 Å². The maximum atomic E-state index is 12.7. The molecule has 0 saturated heterocycles. The standard InChI is InChI=1S/C20H21ClN4O3S/c1-14(15-4-6-16(7-5-15)25-11-10-22-13-25)23-20(26)18-12-17(8-9-19(18)21)29(27,28)24(2)3/h4-14H,1-3H3,(H,23,26)/t14-/m0/s1. The maximum absolute atomic E-state index is 12.7. The van der Waals surface area contributed by atoms with E-state index in [0.29, 0.717) is 0 Å². The lowest BCUT2D eigenvalue weighted by Gasteiger charge is -2.17. The number of sulfonamides is 1. The number of carbonyl (C=O) groups is 1. The zero-order valence-electron chi connectivity index (χ0n) is 16.2. The van der Waals surface area contributed by atoms with Gasteiger partial charge in [0.1, 0.15) is 0 Å². The van der Waals surface area contributed by atoms with Crippen LogP contribution in [0.1, 0.15) is 28.9 Å². The van der Waals surface area contributed by atoms with E-state index < -0.39 is 15.9 Å². The molecule has 7 nitrogen and oxygen atoms in total. The summed E-state index contributed by atoms with van der Waals surface area (Å²) >= 11 is 6.15. The number of amides is 1. The number of hydrogen-bond donors (Lipinski definition) is 1. The highest BCUT2D eigenvalue weighted by atomic mass is 35.5. The van der Waals surface area contributed by atoms with Crippen LogP contribution in [0.2, 0.25) is 5.02 Å². The summed E-state index contributed by atoms with van der Waals surface area (Å²) in [6.07, 6.45) is 5.25. The van der Waals surface area contributed by atoms with Gasteiger partial charge in [0.25, 0.3) is 5.91 Å². The van der Waals surface area contributed by atoms with Crippen molar-refractivity contribution in [1.82, 2.24) is 19.2 Å². The third kappa shape index (κ3) is 4.50. The van der Waals surface area contributed by atoms with Gasteiger partial charge in [-0.1, -0.05) is 23.7 Å². The topological polar surface area (TPSA) is 84.3 Å². The average molecular weight is 433 g/mol. The molecular weight excluding hydrogens is 412 g/mol. The van der Waals surface area contributed by atoms with Gasteiger partial charge >= 0.3 is 0 Å². The van der Waals surface area contributed by atoms with Gasteiger partial charge in [-0.15, -0.1) is 0 Å². The minimum Gasteiger partial charge on any atom is -0.345 e. The second-order valence-electron chi connectivity index (χ2n) is 6.69. The largest absolute Gasteiger partial charge is 0.345 e. The summed E-state index contributed by atoms with van der Waals surface area (Å²) in [7, 11) is -0.810. The smallest absolute Gasteiger partial charge is 0.253 e. The second-order valence-corrected chi connectivity index (χ2v) is 9.24. The van der Waals surface area contributed by atoms with Crippen LogP contribution >= 0.6 is 11.6 Å². The van der Waals surface area contributed by atoms with Gasteiger partial charge in [0.05, 0.1) is 27.9 Å². The van der Waals surface area contributed by atoms with Crippen molar-refractivity contribution < 1.29 is 13.2 Å². The van der Waals surface area contributed by atoms with Crippen molar-refractivity contribution in [3.63, 3.8) is 0 Å². The Bertz CT molecular complexity index is 1110. The fourth-order valence-electron chi connectivity index (χ4n) is 2.75. The van der Waals surface area contributed by atoms with Gasteiger partial charge in [-0.3, -0.25) is 4.79 Å². The quantitative estimate of drug-likeness (QED) is 0.647. The first-order chi connectivity index (χ1) is 13.7. The minimum absolute atomic E-state index is 0.00869. The van der Waals surface area contributed by atoms with Crippen LogP contribution < -0.4 is 5.32 Å². The summed E-state index contributed by atoms with van der Waals surface area (Å²) in [6.45, 7) is 1.85. The van der Waals surface area contributed by atoms with Gasteiger partial charge in [-0.25, -0.2) is 17.7 Å². The van der Waals surface area contributed by atoms with Gasteiger partial charge in [-0.05, 0) is 42.8 Å². The van der Waals surface area contributed by atoms with Crippen LogP contribution in [0.25, 0.3) is 5.69 Å². The highest BCUT2D eigenvalue weighted by molar-refractivity contribution is 7.89. The second kappa shape index (κ2) is 8.36. The van der Waals surface area contributed by atoms with E-state index in [4.69, 9.17) is 11.6 Å². The molecule has 2 aromatic carbocycles. The van der Waals surface area contributed by atoms with Crippen LogP contribution in [-0.4, -0.2) is 42.3 Å². The Labute approximate surface area is 175 Å². The van der Waals surface area contributed by atoms with Gasteiger partial charge in [0.2, 0.25) is 10.0 Å². The third-order valence-corrected chi connectivity index (χ3v) is 6.64. The summed E-state index contributed by atoms with van der Waals surface area (Å²) < 4.78 is 27.6. The van der Waals surface area contributed by atoms with Crippen molar-refractivity contribution in [2.75, 3.05) is 14.1 Å². The first-order valence-electron chi connectivity index (χ1n) is 8.81. The fraction of sp³-hybridized carbons (Fsp3) is 0.200. The van der Waals surface area contributed by atoms with Crippen LogP contribution in [-0.2, 0) is 10.0 Å². The van der Waals surface area contributed by atoms with Crippen LogP contribution in [0.5, 0.6) is 0 Å². The molecule has 0 aliphatic carbocycles. The number of hydrogen-bond acceptors (Lipinski definition) is 4. The molecule has 29 heavy (non-hydrogen) atoms. The zero-order chi connectivity index (χ0) is 21.2. The third-order valence-electron chi connectivity index (χ3n) is 4.50. The molecule has 1 atom stereocenters. The molecule has 0 unspecified atom stereocenters. The lowest BCUT2D eigenvalue weighted by atomic mass is 10.1. The highest BCUT2D eigenvalue weighted by Gasteiger charge is 2.21. The van der Waals surface area contributed by atoms with Gasteiger partial charge in [0.15, 0.2) is 0 Å². The Morgan fingerprint density at radius 2 is 1.86 bits per heavy atom. The van der Waals surface area contributed by atoms with Gasteiger partial charge in [0, 0.05) is 32.2 Å². The first-order valence-corrected chi connectivity index (χ1v) is 10.6. The molecule has 0 fully saturated rings. The number of halogens is 1. The van der Waals surface area contributed by atoms with Gasteiger partial charge in [-0.2, -0.15) is 0 Å². The van der Waals surface area contributed by atoms with Crippen molar-refractivity contribution in [3.05, 3.63) is 77.3 Å². The summed E-state index contributed by atoms with van der Waals surface area (Å²) in [6, 6.07) is 11.5. The number of nitrogens with one attached hydrogen (secondary N) is 1. The van der Waals surface area contributed by atoms with Crippen molar-refractivity contribution in [2.24, 2.45) is 0 Å². The molecule has 0 aliphatic rings. The van der Waals surface area contributed by atoms with Crippen LogP contribution in [0.4, 0.5) is 0 Å². The van der Waals surface area contributed by atoms with E-state index in [9.17, 15) is 13.2 Å². The molecule has 9 heteroatoms. The van der Waals surface area contributed by atoms with Gasteiger partial charge < -0.3 is 9.88 Å². The Hall–Kier alpha value is -2.68. The van der Waals surface area contributed by atoms with E-state index in [1.165, 1.54) is 32.3 Å².